The SMILES string of the molecule is CN1CCN(C(=O)CN2CC[C@@H](N)C2)CC1. The maximum atomic E-state index is 12.0. The van der Waals surface area contributed by atoms with Gasteiger partial charge in [-0.05, 0) is 13.5 Å². The van der Waals surface area contributed by atoms with Gasteiger partial charge in [0, 0.05) is 45.3 Å². The van der Waals surface area contributed by atoms with E-state index in [2.05, 4.69) is 16.8 Å². The van der Waals surface area contributed by atoms with E-state index in [1.807, 2.05) is 4.90 Å². The van der Waals surface area contributed by atoms with E-state index in [1.165, 1.54) is 0 Å². The molecular weight excluding hydrogens is 204 g/mol. The fourth-order valence-corrected chi connectivity index (χ4v) is 2.35. The van der Waals surface area contributed by atoms with Gasteiger partial charge in [-0.15, -0.1) is 0 Å². The maximum Gasteiger partial charge on any atom is 0.236 e. The summed E-state index contributed by atoms with van der Waals surface area (Å²) in [5, 5.41) is 0. The number of likely N-dealkylation sites (N-methyl/N-ethyl adjacent to an activating group) is 1. The quantitative estimate of drug-likeness (QED) is 0.642. The fraction of sp³-hybridized carbons (Fsp3) is 0.909. The van der Waals surface area contributed by atoms with Gasteiger partial charge >= 0.3 is 0 Å². The molecule has 2 rings (SSSR count). The van der Waals surface area contributed by atoms with Gasteiger partial charge in [0.05, 0.1) is 6.54 Å². The van der Waals surface area contributed by atoms with E-state index in [1.54, 1.807) is 0 Å². The molecule has 0 aromatic rings. The number of nitrogens with zero attached hydrogens (tertiary/aromatic N) is 3. The van der Waals surface area contributed by atoms with Crippen LogP contribution in [0.15, 0.2) is 0 Å². The van der Waals surface area contributed by atoms with Gasteiger partial charge in [-0.2, -0.15) is 0 Å². The van der Waals surface area contributed by atoms with Crippen molar-refractivity contribution in [2.24, 2.45) is 5.73 Å². The molecule has 2 aliphatic heterocycles. The Kier molecular flexibility index (Phi) is 3.78. The smallest absolute Gasteiger partial charge is 0.236 e. The molecule has 1 atom stereocenters. The number of amides is 1. The average Bonchev–Trinajstić information content (AvgIpc) is 2.65. The molecule has 2 saturated heterocycles. The van der Waals surface area contributed by atoms with Crippen LogP contribution in [0.4, 0.5) is 0 Å². The number of carbonyl (C=O) groups excluding carboxylic acids is 1. The lowest BCUT2D eigenvalue weighted by Crippen LogP contribution is -2.50. The number of nitrogens with two attached hydrogens (primary N) is 1. The first-order valence-corrected chi connectivity index (χ1v) is 6.09. The lowest BCUT2D eigenvalue weighted by Gasteiger charge is -2.33. The standard InChI is InChI=1S/C11H22N4O/c1-13-4-6-15(7-5-13)11(16)9-14-3-2-10(12)8-14/h10H,2-9,12H2,1H3/t10-/m1/s1. The number of carbonyl (C=O) groups is 1. The molecule has 0 unspecified atom stereocenters. The summed E-state index contributed by atoms with van der Waals surface area (Å²) in [5.41, 5.74) is 5.82. The van der Waals surface area contributed by atoms with Crippen molar-refractivity contribution in [2.45, 2.75) is 12.5 Å². The summed E-state index contributed by atoms with van der Waals surface area (Å²) in [6.45, 7) is 6.12. The molecule has 0 saturated carbocycles. The van der Waals surface area contributed by atoms with Gasteiger partial charge in [0.25, 0.3) is 0 Å². The lowest BCUT2D eigenvalue weighted by molar-refractivity contribution is -0.133. The van der Waals surface area contributed by atoms with Crippen molar-refractivity contribution in [3.8, 4) is 0 Å². The zero-order chi connectivity index (χ0) is 11.5. The summed E-state index contributed by atoms with van der Waals surface area (Å²) in [6, 6.07) is 0.264. The predicted molar refractivity (Wildman–Crippen MR) is 63.1 cm³/mol. The molecule has 0 aromatic carbocycles. The minimum absolute atomic E-state index is 0.264. The van der Waals surface area contributed by atoms with Crippen molar-refractivity contribution in [3.63, 3.8) is 0 Å². The van der Waals surface area contributed by atoms with E-state index in [-0.39, 0.29) is 11.9 Å². The normalized spacial score (nSPS) is 28.6. The van der Waals surface area contributed by atoms with Gasteiger partial charge < -0.3 is 15.5 Å². The van der Waals surface area contributed by atoms with Crippen molar-refractivity contribution < 1.29 is 4.79 Å². The van der Waals surface area contributed by atoms with Crippen molar-refractivity contribution in [1.82, 2.24) is 14.7 Å². The van der Waals surface area contributed by atoms with Gasteiger partial charge in [-0.3, -0.25) is 9.69 Å². The highest BCUT2D eigenvalue weighted by atomic mass is 16.2. The molecule has 5 heteroatoms. The molecular formula is C11H22N4O. The minimum Gasteiger partial charge on any atom is -0.339 e. The Hall–Kier alpha value is -0.650. The van der Waals surface area contributed by atoms with Crippen LogP contribution >= 0.6 is 0 Å². The van der Waals surface area contributed by atoms with Crippen LogP contribution in [0.1, 0.15) is 6.42 Å². The maximum absolute atomic E-state index is 12.0. The molecule has 0 spiro atoms. The first-order valence-electron chi connectivity index (χ1n) is 6.09. The van der Waals surface area contributed by atoms with Gasteiger partial charge in [-0.1, -0.05) is 0 Å². The monoisotopic (exact) mass is 226 g/mol. The fourth-order valence-electron chi connectivity index (χ4n) is 2.35. The predicted octanol–water partition coefficient (Wildman–Crippen LogP) is -1.21. The van der Waals surface area contributed by atoms with E-state index in [0.29, 0.717) is 6.54 Å². The number of rotatable bonds is 2. The molecule has 0 aromatic heterocycles. The van der Waals surface area contributed by atoms with Gasteiger partial charge in [0.15, 0.2) is 0 Å². The van der Waals surface area contributed by atoms with Gasteiger partial charge in [0.1, 0.15) is 0 Å². The molecule has 0 bridgehead atoms. The van der Waals surface area contributed by atoms with Crippen molar-refractivity contribution in [3.05, 3.63) is 0 Å². The summed E-state index contributed by atoms with van der Waals surface area (Å²) in [5.74, 6) is 0.266. The zero-order valence-electron chi connectivity index (χ0n) is 10.1. The molecule has 16 heavy (non-hydrogen) atoms. The molecule has 0 aliphatic carbocycles. The molecule has 92 valence electrons. The van der Waals surface area contributed by atoms with Gasteiger partial charge in [-0.25, -0.2) is 0 Å². The Labute approximate surface area is 97.2 Å². The largest absolute Gasteiger partial charge is 0.339 e. The van der Waals surface area contributed by atoms with E-state index in [4.69, 9.17) is 5.73 Å². The third kappa shape index (κ3) is 2.93. The van der Waals surface area contributed by atoms with Crippen LogP contribution in [0.5, 0.6) is 0 Å². The van der Waals surface area contributed by atoms with E-state index in [9.17, 15) is 4.79 Å². The second-order valence-corrected chi connectivity index (χ2v) is 4.97. The summed E-state index contributed by atoms with van der Waals surface area (Å²) in [7, 11) is 2.10. The molecule has 2 heterocycles. The summed E-state index contributed by atoms with van der Waals surface area (Å²) >= 11 is 0. The second-order valence-electron chi connectivity index (χ2n) is 4.97. The number of hydrogen-bond donors (Lipinski definition) is 1. The van der Waals surface area contributed by atoms with Crippen LogP contribution in [-0.4, -0.2) is 79.5 Å². The van der Waals surface area contributed by atoms with Crippen molar-refractivity contribution in [1.29, 1.82) is 0 Å². The number of piperazine rings is 1. The van der Waals surface area contributed by atoms with E-state index >= 15 is 0 Å². The number of hydrogen-bond acceptors (Lipinski definition) is 4. The number of likely N-dealkylation sites (tertiary alicyclic amines) is 1. The van der Waals surface area contributed by atoms with Crippen molar-refractivity contribution in [2.75, 3.05) is 52.9 Å². The molecule has 2 fully saturated rings. The topological polar surface area (TPSA) is 52.8 Å². The van der Waals surface area contributed by atoms with Crippen LogP contribution < -0.4 is 5.73 Å². The highest BCUT2D eigenvalue weighted by Crippen LogP contribution is 2.08. The molecule has 5 nitrogen and oxygen atoms in total. The summed E-state index contributed by atoms with van der Waals surface area (Å²) in [4.78, 5) is 18.4. The van der Waals surface area contributed by atoms with Crippen molar-refractivity contribution >= 4 is 5.91 Å². The van der Waals surface area contributed by atoms with E-state index in [0.717, 1.165) is 45.7 Å². The van der Waals surface area contributed by atoms with Crippen LogP contribution in [0.25, 0.3) is 0 Å². The lowest BCUT2D eigenvalue weighted by atomic mass is 10.3. The average molecular weight is 226 g/mol. The zero-order valence-corrected chi connectivity index (χ0v) is 10.1. The Morgan fingerprint density at radius 2 is 1.94 bits per heavy atom. The minimum atomic E-state index is 0.264. The molecule has 1 amide bonds. The Bertz CT molecular complexity index is 250. The summed E-state index contributed by atoms with van der Waals surface area (Å²) in [6.07, 6.45) is 1.02. The molecule has 2 aliphatic rings. The molecule has 0 radical (unpaired) electrons. The first-order chi connectivity index (χ1) is 7.65. The first kappa shape index (κ1) is 11.8. The van der Waals surface area contributed by atoms with Crippen LogP contribution in [-0.2, 0) is 4.79 Å². The highest BCUT2D eigenvalue weighted by Gasteiger charge is 2.24. The van der Waals surface area contributed by atoms with Crippen LogP contribution in [0.3, 0.4) is 0 Å². The Balaban J connectivity index is 1.75. The van der Waals surface area contributed by atoms with Gasteiger partial charge in [0.2, 0.25) is 5.91 Å². The van der Waals surface area contributed by atoms with Crippen LogP contribution in [0.2, 0.25) is 0 Å². The Morgan fingerprint density at radius 3 is 2.50 bits per heavy atom. The van der Waals surface area contributed by atoms with Crippen LogP contribution in [0, 0.1) is 0 Å². The molecule has 2 N–H and O–H groups in total. The summed E-state index contributed by atoms with van der Waals surface area (Å²) < 4.78 is 0. The Morgan fingerprint density at radius 1 is 1.25 bits per heavy atom. The third-order valence-electron chi connectivity index (χ3n) is 3.52. The third-order valence-corrected chi connectivity index (χ3v) is 3.52. The second kappa shape index (κ2) is 5.12. The highest BCUT2D eigenvalue weighted by molar-refractivity contribution is 5.78. The van der Waals surface area contributed by atoms with E-state index < -0.39 is 0 Å².